The van der Waals surface area contributed by atoms with E-state index in [2.05, 4.69) is 44.8 Å². The first-order valence-corrected chi connectivity index (χ1v) is 7.05. The summed E-state index contributed by atoms with van der Waals surface area (Å²) >= 11 is 1.76. The third-order valence-electron chi connectivity index (χ3n) is 2.73. The van der Waals surface area contributed by atoms with Gasteiger partial charge in [-0.3, -0.25) is 0 Å². The van der Waals surface area contributed by atoms with Crippen LogP contribution in [0, 0.1) is 0 Å². The largest absolute Gasteiger partial charge is 0.337 e. The molecule has 3 nitrogen and oxygen atoms in total. The van der Waals surface area contributed by atoms with Crippen molar-refractivity contribution < 1.29 is 0 Å². The van der Waals surface area contributed by atoms with Gasteiger partial charge in [0.05, 0.1) is 12.0 Å². The summed E-state index contributed by atoms with van der Waals surface area (Å²) in [6, 6.07) is 2.19. The van der Waals surface area contributed by atoms with E-state index in [1.165, 1.54) is 11.3 Å². The molecule has 4 heteroatoms. The Hall–Kier alpha value is -1.13. The predicted octanol–water partition coefficient (Wildman–Crippen LogP) is 2.34. The number of hydrogen-bond donors (Lipinski definition) is 1. The van der Waals surface area contributed by atoms with E-state index in [0.717, 1.165) is 32.5 Å². The second kappa shape index (κ2) is 6.57. The molecule has 0 atom stereocenters. The molecule has 0 saturated heterocycles. The van der Waals surface area contributed by atoms with Crippen LogP contribution in [0.3, 0.4) is 0 Å². The average Bonchev–Trinajstić information content (AvgIpc) is 2.98. The lowest BCUT2D eigenvalue weighted by molar-refractivity contribution is 0.691. The van der Waals surface area contributed by atoms with Gasteiger partial charge in [-0.2, -0.15) is 11.3 Å². The molecule has 17 heavy (non-hydrogen) atoms. The third kappa shape index (κ3) is 3.98. The van der Waals surface area contributed by atoms with E-state index in [1.807, 2.05) is 6.33 Å². The zero-order chi connectivity index (χ0) is 11.9. The summed E-state index contributed by atoms with van der Waals surface area (Å²) in [5, 5.41) is 7.65. The van der Waals surface area contributed by atoms with Gasteiger partial charge in [0, 0.05) is 25.7 Å². The molecular formula is C13H19N3S. The Kier molecular flexibility index (Phi) is 4.76. The monoisotopic (exact) mass is 249 g/mol. The van der Waals surface area contributed by atoms with Gasteiger partial charge in [0.1, 0.15) is 0 Å². The van der Waals surface area contributed by atoms with E-state index in [-0.39, 0.29) is 0 Å². The summed E-state index contributed by atoms with van der Waals surface area (Å²) in [7, 11) is 0. The number of rotatable bonds is 7. The van der Waals surface area contributed by atoms with Crippen LogP contribution in [0.4, 0.5) is 0 Å². The van der Waals surface area contributed by atoms with Crippen molar-refractivity contribution in [1.82, 2.24) is 14.9 Å². The molecular weight excluding hydrogens is 230 g/mol. The Morgan fingerprint density at radius 3 is 3.12 bits per heavy atom. The molecule has 0 unspecified atom stereocenters. The highest BCUT2D eigenvalue weighted by atomic mass is 32.1. The SMILES string of the molecule is CCNCCc1cn(CCc2ccsc2)cn1. The van der Waals surface area contributed by atoms with Gasteiger partial charge in [-0.1, -0.05) is 6.92 Å². The quantitative estimate of drug-likeness (QED) is 0.763. The maximum absolute atomic E-state index is 4.41. The predicted molar refractivity (Wildman–Crippen MR) is 72.5 cm³/mol. The Morgan fingerprint density at radius 1 is 1.41 bits per heavy atom. The van der Waals surface area contributed by atoms with E-state index < -0.39 is 0 Å². The lowest BCUT2D eigenvalue weighted by Crippen LogP contribution is -2.16. The Morgan fingerprint density at radius 2 is 2.35 bits per heavy atom. The van der Waals surface area contributed by atoms with Gasteiger partial charge >= 0.3 is 0 Å². The summed E-state index contributed by atoms with van der Waals surface area (Å²) < 4.78 is 2.18. The number of aryl methyl sites for hydroxylation is 2. The summed E-state index contributed by atoms with van der Waals surface area (Å²) in [5.41, 5.74) is 2.59. The highest BCUT2D eigenvalue weighted by Crippen LogP contribution is 2.08. The zero-order valence-corrected chi connectivity index (χ0v) is 11.0. The standard InChI is InChI=1S/C13H19N3S/c1-2-14-6-3-13-9-16(11-15-13)7-4-12-5-8-17-10-12/h5,8-11,14H,2-4,6-7H2,1H3. The van der Waals surface area contributed by atoms with Crippen LogP contribution in [0.15, 0.2) is 29.4 Å². The number of aromatic nitrogens is 2. The lowest BCUT2D eigenvalue weighted by Gasteiger charge is -2.00. The van der Waals surface area contributed by atoms with Crippen molar-refractivity contribution in [2.75, 3.05) is 13.1 Å². The van der Waals surface area contributed by atoms with Crippen molar-refractivity contribution >= 4 is 11.3 Å². The van der Waals surface area contributed by atoms with Crippen LogP contribution in [-0.2, 0) is 19.4 Å². The van der Waals surface area contributed by atoms with E-state index in [0.29, 0.717) is 0 Å². The minimum atomic E-state index is 1.01. The molecule has 2 rings (SSSR count). The summed E-state index contributed by atoms with van der Waals surface area (Å²) in [6.45, 7) is 5.18. The van der Waals surface area contributed by atoms with Gasteiger partial charge in [-0.05, 0) is 35.4 Å². The summed E-state index contributed by atoms with van der Waals surface area (Å²) in [4.78, 5) is 4.41. The number of imidazole rings is 1. The highest BCUT2D eigenvalue weighted by Gasteiger charge is 1.99. The molecule has 0 aromatic carbocycles. The minimum absolute atomic E-state index is 1.01. The first kappa shape index (κ1) is 12.3. The van der Waals surface area contributed by atoms with Crippen LogP contribution >= 0.6 is 11.3 Å². The normalized spacial score (nSPS) is 10.9. The van der Waals surface area contributed by atoms with Gasteiger partial charge in [0.15, 0.2) is 0 Å². The van der Waals surface area contributed by atoms with Crippen LogP contribution in [0.2, 0.25) is 0 Å². The second-order valence-corrected chi connectivity index (χ2v) is 4.87. The maximum Gasteiger partial charge on any atom is 0.0949 e. The van der Waals surface area contributed by atoms with Gasteiger partial charge in [-0.25, -0.2) is 4.98 Å². The van der Waals surface area contributed by atoms with E-state index in [4.69, 9.17) is 0 Å². The average molecular weight is 249 g/mol. The van der Waals surface area contributed by atoms with Crippen molar-refractivity contribution in [3.63, 3.8) is 0 Å². The maximum atomic E-state index is 4.41. The molecule has 0 aliphatic rings. The molecule has 0 spiro atoms. The molecule has 1 N–H and O–H groups in total. The minimum Gasteiger partial charge on any atom is -0.337 e. The van der Waals surface area contributed by atoms with E-state index in [1.54, 1.807) is 11.3 Å². The molecule has 2 heterocycles. The van der Waals surface area contributed by atoms with Crippen LogP contribution in [0.25, 0.3) is 0 Å². The highest BCUT2D eigenvalue weighted by molar-refractivity contribution is 7.07. The fraction of sp³-hybridized carbons (Fsp3) is 0.462. The first-order chi connectivity index (χ1) is 8.38. The smallest absolute Gasteiger partial charge is 0.0949 e. The van der Waals surface area contributed by atoms with Crippen molar-refractivity contribution in [3.05, 3.63) is 40.6 Å². The molecule has 0 bridgehead atoms. The number of likely N-dealkylation sites (N-methyl/N-ethyl adjacent to an activating group) is 1. The second-order valence-electron chi connectivity index (χ2n) is 4.09. The summed E-state index contributed by atoms with van der Waals surface area (Å²) in [6.07, 6.45) is 6.20. The molecule has 2 aromatic heterocycles. The Bertz CT molecular complexity index is 420. The van der Waals surface area contributed by atoms with E-state index >= 15 is 0 Å². The van der Waals surface area contributed by atoms with Crippen molar-refractivity contribution in [2.24, 2.45) is 0 Å². The molecule has 0 fully saturated rings. The Labute approximate surface area is 107 Å². The molecule has 0 amide bonds. The van der Waals surface area contributed by atoms with Crippen LogP contribution in [0.5, 0.6) is 0 Å². The molecule has 92 valence electrons. The van der Waals surface area contributed by atoms with Gasteiger partial charge in [-0.15, -0.1) is 0 Å². The number of nitrogens with zero attached hydrogens (tertiary/aromatic N) is 2. The van der Waals surface area contributed by atoms with Gasteiger partial charge in [0.2, 0.25) is 0 Å². The summed E-state index contributed by atoms with van der Waals surface area (Å²) in [5.74, 6) is 0. The van der Waals surface area contributed by atoms with Crippen molar-refractivity contribution in [3.8, 4) is 0 Å². The number of hydrogen-bond acceptors (Lipinski definition) is 3. The van der Waals surface area contributed by atoms with E-state index in [9.17, 15) is 0 Å². The van der Waals surface area contributed by atoms with Crippen LogP contribution < -0.4 is 5.32 Å². The van der Waals surface area contributed by atoms with Crippen LogP contribution in [-0.4, -0.2) is 22.6 Å². The molecule has 2 aromatic rings. The third-order valence-corrected chi connectivity index (χ3v) is 3.47. The topological polar surface area (TPSA) is 29.9 Å². The lowest BCUT2D eigenvalue weighted by atomic mass is 10.2. The molecule has 0 aliphatic carbocycles. The Balaban J connectivity index is 1.77. The fourth-order valence-electron chi connectivity index (χ4n) is 1.74. The molecule has 0 saturated carbocycles. The number of thiophene rings is 1. The zero-order valence-electron chi connectivity index (χ0n) is 10.2. The molecule has 0 aliphatic heterocycles. The molecule has 0 radical (unpaired) electrons. The van der Waals surface area contributed by atoms with Crippen LogP contribution in [0.1, 0.15) is 18.2 Å². The first-order valence-electron chi connectivity index (χ1n) is 6.11. The number of nitrogens with one attached hydrogen (secondary N) is 1. The van der Waals surface area contributed by atoms with Gasteiger partial charge in [0.25, 0.3) is 0 Å². The van der Waals surface area contributed by atoms with Gasteiger partial charge < -0.3 is 9.88 Å². The van der Waals surface area contributed by atoms with Crippen molar-refractivity contribution in [2.45, 2.75) is 26.3 Å². The van der Waals surface area contributed by atoms with Crippen molar-refractivity contribution in [1.29, 1.82) is 0 Å². The fourth-order valence-corrected chi connectivity index (χ4v) is 2.45.